The number of nitrogens with zero attached hydrogens (tertiary/aromatic N) is 1. The quantitative estimate of drug-likeness (QED) is 0.908. The van der Waals surface area contributed by atoms with E-state index in [9.17, 15) is 13.2 Å². The molecule has 0 aliphatic carbocycles. The van der Waals surface area contributed by atoms with Crippen molar-refractivity contribution in [3.8, 4) is 5.75 Å². The Morgan fingerprint density at radius 2 is 2.14 bits per heavy atom. The molecule has 1 atom stereocenters. The number of carbonyl (C=O) groups is 1. The fraction of sp³-hybridized carbons (Fsp3) is 0.500. The molecule has 1 aromatic rings. The minimum Gasteiger partial charge on any atom is -0.496 e. The Hall–Kier alpha value is -1.60. The average molecular weight is 312 g/mol. The summed E-state index contributed by atoms with van der Waals surface area (Å²) in [5, 5.41) is 5.12. The average Bonchev–Trinajstić information content (AvgIpc) is 2.44. The van der Waals surface area contributed by atoms with Crippen LogP contribution in [0, 0.1) is 5.92 Å². The molecule has 6 nitrogen and oxygen atoms in total. The van der Waals surface area contributed by atoms with E-state index < -0.39 is 10.0 Å². The summed E-state index contributed by atoms with van der Waals surface area (Å²) in [6, 6.07) is 4.08. The van der Waals surface area contributed by atoms with Crippen molar-refractivity contribution in [2.75, 3.05) is 20.2 Å². The molecule has 0 radical (unpaired) electrons. The second-order valence-electron chi connectivity index (χ2n) is 5.41. The summed E-state index contributed by atoms with van der Waals surface area (Å²) in [5.74, 6) is 0.574. The van der Waals surface area contributed by atoms with Crippen LogP contribution in [0.25, 0.3) is 0 Å². The molecule has 21 heavy (non-hydrogen) atoms. The lowest BCUT2D eigenvalue weighted by Gasteiger charge is -2.31. The zero-order valence-corrected chi connectivity index (χ0v) is 13.0. The molecule has 1 aliphatic rings. The SMILES string of the molecule is COc1ccc(S(N)(=O)=O)cc1C(=O)N1CCCC(C)C1. The number of amides is 1. The molecule has 1 fully saturated rings. The summed E-state index contributed by atoms with van der Waals surface area (Å²) in [6.07, 6.45) is 2.04. The highest BCUT2D eigenvalue weighted by atomic mass is 32.2. The van der Waals surface area contributed by atoms with Gasteiger partial charge >= 0.3 is 0 Å². The van der Waals surface area contributed by atoms with Crippen LogP contribution < -0.4 is 9.88 Å². The van der Waals surface area contributed by atoms with Gasteiger partial charge in [0.25, 0.3) is 5.91 Å². The fourth-order valence-corrected chi connectivity index (χ4v) is 3.12. The van der Waals surface area contributed by atoms with Gasteiger partial charge in [0.1, 0.15) is 5.75 Å². The molecule has 2 rings (SSSR count). The van der Waals surface area contributed by atoms with Crippen molar-refractivity contribution in [1.82, 2.24) is 4.90 Å². The lowest BCUT2D eigenvalue weighted by atomic mass is 9.99. The molecule has 1 aliphatic heterocycles. The zero-order chi connectivity index (χ0) is 15.6. The highest BCUT2D eigenvalue weighted by Crippen LogP contribution is 2.25. The van der Waals surface area contributed by atoms with Crippen molar-refractivity contribution in [1.29, 1.82) is 0 Å². The van der Waals surface area contributed by atoms with Crippen molar-refractivity contribution in [2.24, 2.45) is 11.1 Å². The largest absolute Gasteiger partial charge is 0.496 e. The Morgan fingerprint density at radius 1 is 1.43 bits per heavy atom. The first kappa shape index (κ1) is 15.8. The van der Waals surface area contributed by atoms with Crippen molar-refractivity contribution in [2.45, 2.75) is 24.7 Å². The zero-order valence-electron chi connectivity index (χ0n) is 12.2. The van der Waals surface area contributed by atoms with Gasteiger partial charge in [-0.3, -0.25) is 4.79 Å². The summed E-state index contributed by atoms with van der Waals surface area (Å²) < 4.78 is 28.1. The van der Waals surface area contributed by atoms with Crippen LogP contribution in [0.15, 0.2) is 23.1 Å². The molecule has 2 N–H and O–H groups in total. The second-order valence-corrected chi connectivity index (χ2v) is 6.97. The fourth-order valence-electron chi connectivity index (χ4n) is 2.58. The van der Waals surface area contributed by atoms with Crippen molar-refractivity contribution in [3.63, 3.8) is 0 Å². The van der Waals surface area contributed by atoms with E-state index in [1.807, 2.05) is 0 Å². The van der Waals surface area contributed by atoms with Gasteiger partial charge in [-0.2, -0.15) is 0 Å². The summed E-state index contributed by atoms with van der Waals surface area (Å²) in [7, 11) is -2.41. The van der Waals surface area contributed by atoms with Crippen molar-refractivity contribution < 1.29 is 17.9 Å². The van der Waals surface area contributed by atoms with Crippen LogP contribution in [-0.4, -0.2) is 39.4 Å². The summed E-state index contributed by atoms with van der Waals surface area (Å²) in [5.41, 5.74) is 0.234. The molecule has 1 aromatic carbocycles. The maximum Gasteiger partial charge on any atom is 0.257 e. The first-order valence-electron chi connectivity index (χ1n) is 6.83. The van der Waals surface area contributed by atoms with Gasteiger partial charge in [-0.15, -0.1) is 0 Å². The Balaban J connectivity index is 2.38. The van der Waals surface area contributed by atoms with Gasteiger partial charge in [0, 0.05) is 13.1 Å². The van der Waals surface area contributed by atoms with Gasteiger partial charge in [0.2, 0.25) is 10.0 Å². The number of benzene rings is 1. The van der Waals surface area contributed by atoms with Crippen LogP contribution in [0.1, 0.15) is 30.1 Å². The van der Waals surface area contributed by atoms with Gasteiger partial charge in [0.05, 0.1) is 17.6 Å². The molecule has 116 valence electrons. The number of nitrogens with two attached hydrogens (primary N) is 1. The second kappa shape index (κ2) is 6.03. The number of ether oxygens (including phenoxy) is 1. The smallest absolute Gasteiger partial charge is 0.257 e. The third-order valence-corrected chi connectivity index (χ3v) is 4.59. The number of primary sulfonamides is 1. The molecular weight excluding hydrogens is 292 g/mol. The first-order valence-corrected chi connectivity index (χ1v) is 8.37. The Labute approximate surface area is 124 Å². The van der Waals surface area contributed by atoms with E-state index in [2.05, 4.69) is 6.92 Å². The molecule has 7 heteroatoms. The van der Waals surface area contributed by atoms with E-state index in [1.165, 1.54) is 25.3 Å². The summed E-state index contributed by atoms with van der Waals surface area (Å²) in [4.78, 5) is 14.3. The van der Waals surface area contributed by atoms with Crippen LogP contribution in [-0.2, 0) is 10.0 Å². The minimum atomic E-state index is -3.85. The number of sulfonamides is 1. The molecule has 0 saturated carbocycles. The Morgan fingerprint density at radius 3 is 2.71 bits per heavy atom. The molecule has 0 aromatic heterocycles. The molecule has 1 saturated heterocycles. The molecule has 1 amide bonds. The minimum absolute atomic E-state index is 0.0864. The maximum absolute atomic E-state index is 12.6. The summed E-state index contributed by atoms with van der Waals surface area (Å²) in [6.45, 7) is 3.44. The predicted molar refractivity (Wildman–Crippen MR) is 78.7 cm³/mol. The molecular formula is C14H20N2O4S. The van der Waals surface area contributed by atoms with Gasteiger partial charge < -0.3 is 9.64 Å². The van der Waals surface area contributed by atoms with Gasteiger partial charge in [-0.1, -0.05) is 6.92 Å². The van der Waals surface area contributed by atoms with E-state index in [0.29, 0.717) is 24.8 Å². The molecule has 0 spiro atoms. The monoisotopic (exact) mass is 312 g/mol. The summed E-state index contributed by atoms with van der Waals surface area (Å²) >= 11 is 0. The number of piperidine rings is 1. The number of hydrogen-bond donors (Lipinski definition) is 1. The molecule has 0 bridgehead atoms. The number of likely N-dealkylation sites (tertiary alicyclic amines) is 1. The topological polar surface area (TPSA) is 89.7 Å². The van der Waals surface area contributed by atoms with E-state index >= 15 is 0 Å². The van der Waals surface area contributed by atoms with Crippen LogP contribution in [0.5, 0.6) is 5.75 Å². The normalized spacial score (nSPS) is 19.4. The van der Waals surface area contributed by atoms with Crippen LogP contribution >= 0.6 is 0 Å². The van der Waals surface area contributed by atoms with Gasteiger partial charge in [0.15, 0.2) is 0 Å². The third kappa shape index (κ3) is 3.54. The van der Waals surface area contributed by atoms with E-state index in [4.69, 9.17) is 9.88 Å². The highest BCUT2D eigenvalue weighted by molar-refractivity contribution is 7.89. The van der Waals surface area contributed by atoms with E-state index in [0.717, 1.165) is 12.8 Å². The van der Waals surface area contributed by atoms with Crippen LogP contribution in [0.3, 0.4) is 0 Å². The van der Waals surface area contributed by atoms with Crippen molar-refractivity contribution in [3.05, 3.63) is 23.8 Å². The predicted octanol–water partition coefficient (Wildman–Crippen LogP) is 1.21. The van der Waals surface area contributed by atoms with Gasteiger partial charge in [-0.25, -0.2) is 13.6 Å². The third-order valence-electron chi connectivity index (χ3n) is 3.67. The lowest BCUT2D eigenvalue weighted by molar-refractivity contribution is 0.0679. The Bertz CT molecular complexity index is 642. The van der Waals surface area contributed by atoms with Crippen LogP contribution in [0.2, 0.25) is 0 Å². The molecule has 1 heterocycles. The maximum atomic E-state index is 12.6. The Kier molecular flexibility index (Phi) is 4.53. The number of methoxy groups -OCH3 is 1. The van der Waals surface area contributed by atoms with Gasteiger partial charge in [-0.05, 0) is 37.0 Å². The number of rotatable bonds is 3. The van der Waals surface area contributed by atoms with E-state index in [1.54, 1.807) is 4.90 Å². The van der Waals surface area contributed by atoms with E-state index in [-0.39, 0.29) is 16.4 Å². The first-order chi connectivity index (χ1) is 9.82. The number of hydrogen-bond acceptors (Lipinski definition) is 4. The van der Waals surface area contributed by atoms with Crippen LogP contribution in [0.4, 0.5) is 0 Å². The highest BCUT2D eigenvalue weighted by Gasteiger charge is 2.25. The van der Waals surface area contributed by atoms with Crippen molar-refractivity contribution >= 4 is 15.9 Å². The number of carbonyl (C=O) groups excluding carboxylic acids is 1. The standard InChI is InChI=1S/C14H20N2O4S/c1-10-4-3-7-16(9-10)14(17)12-8-11(21(15,18)19)5-6-13(12)20-2/h5-6,8,10H,3-4,7,9H2,1-2H3,(H2,15,18,19). The lowest BCUT2D eigenvalue weighted by Crippen LogP contribution is -2.39. The molecule has 1 unspecified atom stereocenters.